The Kier molecular flexibility index (Phi) is 4.20. The van der Waals surface area contributed by atoms with Gasteiger partial charge in [0.05, 0.1) is 12.2 Å². The predicted octanol–water partition coefficient (Wildman–Crippen LogP) is 2.19. The van der Waals surface area contributed by atoms with Crippen LogP contribution in [0.25, 0.3) is 0 Å². The Bertz CT molecular complexity index is 139. The molecule has 0 aromatic rings. The van der Waals surface area contributed by atoms with E-state index in [1.54, 1.807) is 0 Å². The largest absolute Gasteiger partial charge is 0.374 e. The summed E-state index contributed by atoms with van der Waals surface area (Å²) in [5, 5.41) is 3.45. The summed E-state index contributed by atoms with van der Waals surface area (Å²) >= 11 is 0. The highest BCUT2D eigenvalue weighted by Gasteiger charge is 2.20. The number of ether oxygens (including phenoxy) is 1. The summed E-state index contributed by atoms with van der Waals surface area (Å²) in [5.74, 6) is 0.624. The van der Waals surface area contributed by atoms with Gasteiger partial charge in [0.2, 0.25) is 0 Å². The first-order valence-corrected chi connectivity index (χ1v) is 5.48. The van der Waals surface area contributed by atoms with Crippen molar-refractivity contribution in [2.24, 2.45) is 5.92 Å². The van der Waals surface area contributed by atoms with Crippen LogP contribution in [0.1, 0.15) is 40.5 Å². The van der Waals surface area contributed by atoms with Gasteiger partial charge in [-0.25, -0.2) is 0 Å². The van der Waals surface area contributed by atoms with Gasteiger partial charge in [-0.3, -0.25) is 0 Å². The molecule has 0 radical (unpaired) electrons. The van der Waals surface area contributed by atoms with E-state index in [0.717, 1.165) is 6.54 Å². The molecule has 1 aliphatic heterocycles. The van der Waals surface area contributed by atoms with Gasteiger partial charge in [0.15, 0.2) is 0 Å². The highest BCUT2D eigenvalue weighted by molar-refractivity contribution is 4.76. The quantitative estimate of drug-likeness (QED) is 0.727. The van der Waals surface area contributed by atoms with Crippen LogP contribution < -0.4 is 5.32 Å². The third kappa shape index (κ3) is 3.65. The Morgan fingerprint density at radius 3 is 2.38 bits per heavy atom. The molecule has 0 aliphatic carbocycles. The molecular weight excluding hydrogens is 162 g/mol. The minimum atomic E-state index is 0.389. The maximum Gasteiger partial charge on any atom is 0.0703 e. The van der Waals surface area contributed by atoms with E-state index in [4.69, 9.17) is 4.74 Å². The second kappa shape index (κ2) is 4.97. The molecule has 1 heterocycles. The van der Waals surface area contributed by atoms with Crippen molar-refractivity contribution in [2.75, 3.05) is 6.54 Å². The molecule has 1 N–H and O–H groups in total. The van der Waals surface area contributed by atoms with Crippen LogP contribution in [0, 0.1) is 5.92 Å². The summed E-state index contributed by atoms with van der Waals surface area (Å²) in [6.07, 6.45) is 3.29. The predicted molar refractivity (Wildman–Crippen MR) is 55.9 cm³/mol. The van der Waals surface area contributed by atoms with Crippen molar-refractivity contribution in [1.82, 2.24) is 5.32 Å². The molecule has 13 heavy (non-hydrogen) atoms. The van der Waals surface area contributed by atoms with Crippen LogP contribution >= 0.6 is 0 Å². The van der Waals surface area contributed by atoms with Crippen molar-refractivity contribution < 1.29 is 4.74 Å². The van der Waals surface area contributed by atoms with E-state index < -0.39 is 0 Å². The Hall–Kier alpha value is -0.0800. The zero-order chi connectivity index (χ0) is 9.84. The Morgan fingerprint density at radius 2 is 1.92 bits per heavy atom. The molecule has 0 amide bonds. The number of rotatable bonds is 3. The fourth-order valence-corrected chi connectivity index (χ4v) is 1.55. The van der Waals surface area contributed by atoms with Gasteiger partial charge in [0, 0.05) is 12.6 Å². The number of hydrogen-bond donors (Lipinski definition) is 1. The molecule has 78 valence electrons. The van der Waals surface area contributed by atoms with Crippen LogP contribution in [-0.2, 0) is 4.74 Å². The van der Waals surface area contributed by atoms with Gasteiger partial charge in [-0.15, -0.1) is 0 Å². The Labute approximate surface area is 82.0 Å². The normalized spacial score (nSPS) is 32.1. The summed E-state index contributed by atoms with van der Waals surface area (Å²) in [4.78, 5) is 0. The van der Waals surface area contributed by atoms with E-state index in [-0.39, 0.29) is 0 Å². The van der Waals surface area contributed by atoms with Gasteiger partial charge < -0.3 is 10.1 Å². The summed E-state index contributed by atoms with van der Waals surface area (Å²) in [6, 6.07) is 0.675. The minimum absolute atomic E-state index is 0.389. The third-order valence-corrected chi connectivity index (χ3v) is 2.96. The molecule has 0 saturated carbocycles. The lowest BCUT2D eigenvalue weighted by atomic mass is 10.0. The molecule has 0 spiro atoms. The molecule has 0 bridgehead atoms. The van der Waals surface area contributed by atoms with Gasteiger partial charge in [-0.05, 0) is 32.6 Å². The molecule has 3 atom stereocenters. The summed E-state index contributed by atoms with van der Waals surface area (Å²) < 4.78 is 5.94. The monoisotopic (exact) mass is 185 g/mol. The lowest BCUT2D eigenvalue weighted by molar-refractivity contribution is -0.0382. The molecule has 3 unspecified atom stereocenters. The van der Waals surface area contributed by atoms with Gasteiger partial charge in [-0.2, -0.15) is 0 Å². The Morgan fingerprint density at radius 1 is 1.23 bits per heavy atom. The third-order valence-electron chi connectivity index (χ3n) is 2.96. The van der Waals surface area contributed by atoms with Crippen LogP contribution in [0.2, 0.25) is 0 Å². The van der Waals surface area contributed by atoms with Crippen LogP contribution in [0.4, 0.5) is 0 Å². The maximum atomic E-state index is 5.94. The van der Waals surface area contributed by atoms with Crippen molar-refractivity contribution in [2.45, 2.75) is 58.8 Å². The van der Waals surface area contributed by atoms with Crippen molar-refractivity contribution in [1.29, 1.82) is 0 Å². The van der Waals surface area contributed by atoms with Crippen molar-refractivity contribution in [3.05, 3.63) is 0 Å². The fraction of sp³-hybridized carbons (Fsp3) is 1.00. The first kappa shape index (κ1) is 11.0. The summed E-state index contributed by atoms with van der Waals surface area (Å²) in [5.41, 5.74) is 0. The summed E-state index contributed by atoms with van der Waals surface area (Å²) in [7, 11) is 0. The second-order valence-electron chi connectivity index (χ2n) is 4.59. The fourth-order valence-electron chi connectivity index (χ4n) is 1.55. The first-order chi connectivity index (χ1) is 6.09. The van der Waals surface area contributed by atoms with Crippen LogP contribution in [0.15, 0.2) is 0 Å². The molecule has 0 aromatic heterocycles. The smallest absolute Gasteiger partial charge is 0.0703 e. The van der Waals surface area contributed by atoms with Crippen LogP contribution in [-0.4, -0.2) is 24.8 Å². The van der Waals surface area contributed by atoms with Gasteiger partial charge in [-0.1, -0.05) is 13.8 Å². The van der Waals surface area contributed by atoms with Crippen LogP contribution in [0.5, 0.6) is 0 Å². The first-order valence-electron chi connectivity index (χ1n) is 5.48. The average Bonchev–Trinajstić information content (AvgIpc) is 2.08. The molecule has 2 heteroatoms. The molecule has 1 rings (SSSR count). The molecule has 0 aromatic carbocycles. The lowest BCUT2D eigenvalue weighted by Gasteiger charge is -2.31. The lowest BCUT2D eigenvalue weighted by Crippen LogP contribution is -2.42. The second-order valence-corrected chi connectivity index (χ2v) is 4.59. The van der Waals surface area contributed by atoms with Gasteiger partial charge in [0.25, 0.3) is 0 Å². The number of piperidine rings is 1. The Balaban J connectivity index is 2.22. The van der Waals surface area contributed by atoms with E-state index in [1.807, 2.05) is 0 Å². The summed E-state index contributed by atoms with van der Waals surface area (Å²) in [6.45, 7) is 9.86. The highest BCUT2D eigenvalue weighted by atomic mass is 16.5. The molecular formula is C11H23NO. The average molecular weight is 185 g/mol. The SMILES string of the molecule is CC1CCC(OC(C)C(C)C)CN1. The number of hydrogen-bond acceptors (Lipinski definition) is 2. The minimum Gasteiger partial charge on any atom is -0.374 e. The molecule has 1 saturated heterocycles. The highest BCUT2D eigenvalue weighted by Crippen LogP contribution is 2.15. The zero-order valence-electron chi connectivity index (χ0n) is 9.34. The topological polar surface area (TPSA) is 21.3 Å². The van der Waals surface area contributed by atoms with E-state index in [1.165, 1.54) is 12.8 Å². The van der Waals surface area contributed by atoms with Crippen molar-refractivity contribution in [3.8, 4) is 0 Å². The van der Waals surface area contributed by atoms with E-state index in [0.29, 0.717) is 24.2 Å². The zero-order valence-corrected chi connectivity index (χ0v) is 9.34. The number of nitrogens with one attached hydrogen (secondary N) is 1. The van der Waals surface area contributed by atoms with Crippen molar-refractivity contribution in [3.63, 3.8) is 0 Å². The van der Waals surface area contributed by atoms with Crippen molar-refractivity contribution >= 4 is 0 Å². The van der Waals surface area contributed by atoms with E-state index in [9.17, 15) is 0 Å². The molecule has 2 nitrogen and oxygen atoms in total. The van der Waals surface area contributed by atoms with Crippen LogP contribution in [0.3, 0.4) is 0 Å². The maximum absolute atomic E-state index is 5.94. The standard InChI is InChI=1S/C11H23NO/c1-8(2)10(4)13-11-6-5-9(3)12-7-11/h8-12H,5-7H2,1-4H3. The van der Waals surface area contributed by atoms with Gasteiger partial charge in [0.1, 0.15) is 0 Å². The van der Waals surface area contributed by atoms with Gasteiger partial charge >= 0.3 is 0 Å². The molecule has 1 fully saturated rings. The van der Waals surface area contributed by atoms with E-state index in [2.05, 4.69) is 33.0 Å². The molecule has 1 aliphatic rings. The van der Waals surface area contributed by atoms with E-state index >= 15 is 0 Å².